The zero-order valence-electron chi connectivity index (χ0n) is 10.0. The molecule has 0 bridgehead atoms. The molecule has 1 nitrogen and oxygen atoms in total. The van der Waals surface area contributed by atoms with Crippen LogP contribution in [-0.2, 0) is 12.8 Å². The van der Waals surface area contributed by atoms with Crippen molar-refractivity contribution in [2.24, 2.45) is 0 Å². The Labute approximate surface area is 88.6 Å². The SMILES string of the molecule is CC.CCCc1cccnc1CCC. The molecule has 0 aliphatic heterocycles. The molecule has 0 aromatic carbocycles. The smallest absolute Gasteiger partial charge is 0.0435 e. The molecule has 1 aromatic heterocycles. The Morgan fingerprint density at radius 3 is 2.29 bits per heavy atom. The molecule has 0 amide bonds. The van der Waals surface area contributed by atoms with E-state index < -0.39 is 0 Å². The second kappa shape index (κ2) is 8.74. The Morgan fingerprint density at radius 2 is 1.71 bits per heavy atom. The minimum atomic E-state index is 1.12. The fraction of sp³-hybridized carbons (Fsp3) is 0.615. The topological polar surface area (TPSA) is 12.9 Å². The highest BCUT2D eigenvalue weighted by Crippen LogP contribution is 2.09. The second-order valence-electron chi connectivity index (χ2n) is 3.11. The summed E-state index contributed by atoms with van der Waals surface area (Å²) in [6, 6.07) is 4.23. The van der Waals surface area contributed by atoms with Crippen molar-refractivity contribution in [3.63, 3.8) is 0 Å². The predicted octanol–water partition coefficient (Wildman–Crippen LogP) is 4.01. The highest BCUT2D eigenvalue weighted by Gasteiger charge is 1.99. The van der Waals surface area contributed by atoms with Crippen LogP contribution in [0.4, 0.5) is 0 Å². The lowest BCUT2D eigenvalue weighted by Crippen LogP contribution is -1.96. The Hall–Kier alpha value is -0.850. The van der Waals surface area contributed by atoms with Gasteiger partial charge in [-0.3, -0.25) is 4.98 Å². The van der Waals surface area contributed by atoms with Crippen molar-refractivity contribution in [2.45, 2.75) is 53.4 Å². The van der Waals surface area contributed by atoms with Crippen LogP contribution in [-0.4, -0.2) is 4.98 Å². The van der Waals surface area contributed by atoms with Crippen LogP contribution in [0.25, 0.3) is 0 Å². The van der Waals surface area contributed by atoms with Gasteiger partial charge in [0, 0.05) is 11.9 Å². The van der Waals surface area contributed by atoms with E-state index in [1.54, 1.807) is 0 Å². The second-order valence-corrected chi connectivity index (χ2v) is 3.11. The first-order valence-corrected chi connectivity index (χ1v) is 5.81. The molecule has 0 atom stereocenters. The summed E-state index contributed by atoms with van der Waals surface area (Å²) in [7, 11) is 0. The van der Waals surface area contributed by atoms with Crippen LogP contribution in [0.2, 0.25) is 0 Å². The van der Waals surface area contributed by atoms with E-state index in [9.17, 15) is 0 Å². The van der Waals surface area contributed by atoms with Gasteiger partial charge < -0.3 is 0 Å². The van der Waals surface area contributed by atoms with Crippen molar-refractivity contribution >= 4 is 0 Å². The maximum Gasteiger partial charge on any atom is 0.0435 e. The maximum atomic E-state index is 4.39. The van der Waals surface area contributed by atoms with Crippen LogP contribution in [0.5, 0.6) is 0 Å². The Balaban J connectivity index is 0.000000791. The lowest BCUT2D eigenvalue weighted by molar-refractivity contribution is 0.828. The largest absolute Gasteiger partial charge is 0.261 e. The quantitative estimate of drug-likeness (QED) is 0.704. The number of rotatable bonds is 4. The third kappa shape index (κ3) is 4.40. The number of nitrogens with zero attached hydrogens (tertiary/aromatic N) is 1. The number of hydrogen-bond acceptors (Lipinski definition) is 1. The molecule has 0 aliphatic carbocycles. The summed E-state index contributed by atoms with van der Waals surface area (Å²) in [6.07, 6.45) is 6.58. The molecule has 14 heavy (non-hydrogen) atoms. The van der Waals surface area contributed by atoms with Crippen LogP contribution in [0, 0.1) is 0 Å². The van der Waals surface area contributed by atoms with E-state index in [1.165, 1.54) is 30.5 Å². The van der Waals surface area contributed by atoms with E-state index in [0.717, 1.165) is 6.42 Å². The van der Waals surface area contributed by atoms with E-state index in [0.29, 0.717) is 0 Å². The van der Waals surface area contributed by atoms with E-state index in [4.69, 9.17) is 0 Å². The molecule has 80 valence electrons. The average molecular weight is 193 g/mol. The van der Waals surface area contributed by atoms with Gasteiger partial charge in [0.2, 0.25) is 0 Å². The van der Waals surface area contributed by atoms with Crippen LogP contribution < -0.4 is 0 Å². The first kappa shape index (κ1) is 13.2. The van der Waals surface area contributed by atoms with Gasteiger partial charge in [-0.25, -0.2) is 0 Å². The molecule has 0 N–H and O–H groups in total. The van der Waals surface area contributed by atoms with Crippen LogP contribution >= 0.6 is 0 Å². The van der Waals surface area contributed by atoms with Gasteiger partial charge in [-0.1, -0.05) is 46.6 Å². The van der Waals surface area contributed by atoms with Crippen molar-refractivity contribution in [1.82, 2.24) is 4.98 Å². The van der Waals surface area contributed by atoms with Crippen molar-refractivity contribution in [3.05, 3.63) is 29.6 Å². The summed E-state index contributed by atoms with van der Waals surface area (Å²) in [4.78, 5) is 4.39. The Bertz CT molecular complexity index is 205. The Kier molecular flexibility index (Phi) is 8.20. The van der Waals surface area contributed by atoms with Crippen LogP contribution in [0.1, 0.15) is 51.8 Å². The summed E-state index contributed by atoms with van der Waals surface area (Å²) in [5, 5.41) is 0. The number of hydrogen-bond donors (Lipinski definition) is 0. The standard InChI is InChI=1S/C11H17N.C2H6/c1-3-6-10-8-5-9-12-11(10)7-4-2;1-2/h5,8-9H,3-4,6-7H2,1-2H3;1-2H3. The van der Waals surface area contributed by atoms with E-state index in [1.807, 2.05) is 26.1 Å². The predicted molar refractivity (Wildman–Crippen MR) is 63.6 cm³/mol. The number of pyridine rings is 1. The molecule has 0 aliphatic rings. The molecule has 0 saturated carbocycles. The zero-order chi connectivity index (χ0) is 10.8. The zero-order valence-corrected chi connectivity index (χ0v) is 10.0. The van der Waals surface area contributed by atoms with Gasteiger partial charge in [-0.05, 0) is 24.5 Å². The minimum Gasteiger partial charge on any atom is -0.261 e. The molecule has 0 saturated heterocycles. The monoisotopic (exact) mass is 193 g/mol. The van der Waals surface area contributed by atoms with E-state index in [2.05, 4.69) is 24.9 Å². The lowest BCUT2D eigenvalue weighted by Gasteiger charge is -2.04. The number of aryl methyl sites for hydroxylation is 2. The number of aromatic nitrogens is 1. The van der Waals surface area contributed by atoms with Crippen molar-refractivity contribution < 1.29 is 0 Å². The normalized spacial score (nSPS) is 9.14. The molecule has 0 unspecified atom stereocenters. The summed E-state index contributed by atoms with van der Waals surface area (Å²) >= 11 is 0. The van der Waals surface area contributed by atoms with Gasteiger partial charge in [0.05, 0.1) is 0 Å². The molecule has 0 radical (unpaired) electrons. The first-order chi connectivity index (χ1) is 6.88. The molecule has 0 fully saturated rings. The summed E-state index contributed by atoms with van der Waals surface area (Å²) in [5.74, 6) is 0. The molecular formula is C13H23N. The van der Waals surface area contributed by atoms with Gasteiger partial charge in [-0.15, -0.1) is 0 Å². The van der Waals surface area contributed by atoms with Gasteiger partial charge in [0.1, 0.15) is 0 Å². The first-order valence-electron chi connectivity index (χ1n) is 5.81. The third-order valence-corrected chi connectivity index (χ3v) is 1.99. The molecular weight excluding hydrogens is 170 g/mol. The Morgan fingerprint density at radius 1 is 1.07 bits per heavy atom. The molecule has 1 aromatic rings. The molecule has 1 heterocycles. The van der Waals surface area contributed by atoms with Crippen LogP contribution in [0.3, 0.4) is 0 Å². The minimum absolute atomic E-state index is 1.12. The average Bonchev–Trinajstić information content (AvgIpc) is 2.25. The van der Waals surface area contributed by atoms with Crippen molar-refractivity contribution in [1.29, 1.82) is 0 Å². The van der Waals surface area contributed by atoms with Crippen molar-refractivity contribution in [2.75, 3.05) is 0 Å². The van der Waals surface area contributed by atoms with Gasteiger partial charge in [0.15, 0.2) is 0 Å². The molecule has 1 rings (SSSR count). The fourth-order valence-electron chi connectivity index (χ4n) is 1.43. The fourth-order valence-corrected chi connectivity index (χ4v) is 1.43. The van der Waals surface area contributed by atoms with E-state index in [-0.39, 0.29) is 0 Å². The molecule has 0 spiro atoms. The summed E-state index contributed by atoms with van der Waals surface area (Å²) in [6.45, 7) is 8.41. The highest BCUT2D eigenvalue weighted by atomic mass is 14.7. The van der Waals surface area contributed by atoms with Crippen LogP contribution in [0.15, 0.2) is 18.3 Å². The summed E-state index contributed by atoms with van der Waals surface area (Å²) in [5.41, 5.74) is 2.73. The van der Waals surface area contributed by atoms with Gasteiger partial charge >= 0.3 is 0 Å². The molecule has 1 heteroatoms. The van der Waals surface area contributed by atoms with Crippen molar-refractivity contribution in [3.8, 4) is 0 Å². The maximum absolute atomic E-state index is 4.39. The summed E-state index contributed by atoms with van der Waals surface area (Å²) < 4.78 is 0. The van der Waals surface area contributed by atoms with Gasteiger partial charge in [-0.2, -0.15) is 0 Å². The van der Waals surface area contributed by atoms with E-state index >= 15 is 0 Å². The third-order valence-electron chi connectivity index (χ3n) is 1.99. The lowest BCUT2D eigenvalue weighted by atomic mass is 10.1. The van der Waals surface area contributed by atoms with Gasteiger partial charge in [0.25, 0.3) is 0 Å². The highest BCUT2D eigenvalue weighted by molar-refractivity contribution is 5.19.